The van der Waals surface area contributed by atoms with Gasteiger partial charge in [0.05, 0.1) is 15.8 Å². The molecule has 8 heteroatoms. The Kier molecular flexibility index (Phi) is 5.71. The first-order chi connectivity index (χ1) is 16.3. The fourth-order valence-electron chi connectivity index (χ4n) is 4.22. The Morgan fingerprint density at radius 1 is 1.12 bits per heavy atom. The third-order valence-electron chi connectivity index (χ3n) is 6.21. The van der Waals surface area contributed by atoms with E-state index in [0.29, 0.717) is 26.3 Å². The molecular weight excluding hydrogens is 464 g/mol. The third kappa shape index (κ3) is 3.78. The summed E-state index contributed by atoms with van der Waals surface area (Å²) >= 11 is 2.89. The van der Waals surface area contributed by atoms with Crippen LogP contribution in [0.15, 0.2) is 75.0 Å². The molecule has 6 nitrogen and oxygen atoms in total. The van der Waals surface area contributed by atoms with Crippen LogP contribution in [0.2, 0.25) is 0 Å². The molecule has 4 heterocycles. The number of carbonyl (C=O) groups excluding carboxylic acids is 1. The molecule has 0 saturated carbocycles. The van der Waals surface area contributed by atoms with Gasteiger partial charge in [0.1, 0.15) is 6.04 Å². The molecule has 0 spiro atoms. The van der Waals surface area contributed by atoms with E-state index >= 15 is 0 Å². The summed E-state index contributed by atoms with van der Waals surface area (Å²) in [5.74, 6) is -0.255. The first-order valence-corrected chi connectivity index (χ1v) is 12.6. The monoisotopic (exact) mass is 488 g/mol. The average molecular weight is 489 g/mol. The Bertz CT molecular complexity index is 1600. The summed E-state index contributed by atoms with van der Waals surface area (Å²) in [4.78, 5) is 33.4. The molecule has 0 aliphatic carbocycles. The molecule has 1 aliphatic rings. The van der Waals surface area contributed by atoms with E-state index in [-0.39, 0.29) is 11.5 Å². The number of hydrogen-bond donors (Lipinski definition) is 1. The lowest BCUT2D eigenvalue weighted by Crippen LogP contribution is -2.40. The maximum atomic E-state index is 13.7. The molecule has 0 fully saturated rings. The third-order valence-corrected chi connectivity index (χ3v) is 8.12. The van der Waals surface area contributed by atoms with Crippen LogP contribution < -0.4 is 20.2 Å². The van der Waals surface area contributed by atoms with E-state index in [4.69, 9.17) is 4.99 Å². The summed E-state index contributed by atoms with van der Waals surface area (Å²) in [7, 11) is 2.02. The van der Waals surface area contributed by atoms with Crippen molar-refractivity contribution < 1.29 is 4.79 Å². The largest absolute Gasteiger partial charge is 0.352 e. The van der Waals surface area contributed by atoms with Crippen molar-refractivity contribution >= 4 is 40.3 Å². The van der Waals surface area contributed by atoms with Crippen LogP contribution in [0, 0.1) is 13.8 Å². The minimum atomic E-state index is -0.527. The zero-order valence-corrected chi connectivity index (χ0v) is 21.0. The van der Waals surface area contributed by atoms with Crippen molar-refractivity contribution in [3.8, 4) is 0 Å². The molecule has 4 aromatic rings. The normalized spacial score (nSPS) is 15.9. The number of allylic oxidation sites excluding steroid dienone is 1. The van der Waals surface area contributed by atoms with Crippen LogP contribution in [0.4, 0.5) is 5.69 Å². The highest BCUT2D eigenvalue weighted by atomic mass is 32.1. The van der Waals surface area contributed by atoms with E-state index in [1.54, 1.807) is 4.57 Å². The maximum absolute atomic E-state index is 13.7. The molecule has 1 amide bonds. The topological polar surface area (TPSA) is 68.4 Å². The molecule has 0 radical (unpaired) electrons. The Hall–Kier alpha value is -3.49. The number of aryl methyl sites for hydroxylation is 1. The number of hydrogen-bond acceptors (Lipinski definition) is 5. The Balaban J connectivity index is 1.67. The summed E-state index contributed by atoms with van der Waals surface area (Å²) in [5.41, 5.74) is 4.89. The van der Waals surface area contributed by atoms with Gasteiger partial charge < -0.3 is 9.88 Å². The quantitative estimate of drug-likeness (QED) is 0.474. The second-order valence-corrected chi connectivity index (χ2v) is 10.3. The number of amides is 1. The number of anilines is 1. The van der Waals surface area contributed by atoms with E-state index in [9.17, 15) is 9.59 Å². The highest BCUT2D eigenvalue weighted by molar-refractivity contribution is 7.10. The standard InChI is InChI=1S/C26H24N4O2S2/c1-15-13-18(17(3)29(15)4)14-21-25(32)30-23(20-11-8-12-33-20)22(16(2)27-26(30)34-21)24(31)28-19-9-6-5-7-10-19/h5-14,23H,1-4H3,(H,28,31)/b21-14+. The molecule has 1 unspecified atom stereocenters. The van der Waals surface area contributed by atoms with Gasteiger partial charge in [-0.15, -0.1) is 11.3 Å². The highest BCUT2D eigenvalue weighted by Crippen LogP contribution is 2.33. The number of thiophene rings is 1. The van der Waals surface area contributed by atoms with Gasteiger partial charge in [0, 0.05) is 29.0 Å². The first-order valence-electron chi connectivity index (χ1n) is 10.9. The van der Waals surface area contributed by atoms with Gasteiger partial charge in [0.2, 0.25) is 0 Å². The fourth-order valence-corrected chi connectivity index (χ4v) is 6.08. The van der Waals surface area contributed by atoms with Crippen LogP contribution in [-0.2, 0) is 11.8 Å². The molecule has 1 atom stereocenters. The van der Waals surface area contributed by atoms with Gasteiger partial charge in [-0.2, -0.15) is 0 Å². The zero-order valence-electron chi connectivity index (χ0n) is 19.3. The molecule has 1 aliphatic heterocycles. The number of nitrogens with one attached hydrogen (secondary N) is 1. The lowest BCUT2D eigenvalue weighted by atomic mass is 10.0. The minimum Gasteiger partial charge on any atom is -0.352 e. The smallest absolute Gasteiger partial charge is 0.271 e. The van der Waals surface area contributed by atoms with Crippen molar-refractivity contribution in [3.05, 3.63) is 107 Å². The van der Waals surface area contributed by atoms with Crippen molar-refractivity contribution in [1.82, 2.24) is 9.13 Å². The first kappa shape index (κ1) is 22.3. The Labute approximate surface area is 204 Å². The average Bonchev–Trinajstić information content (AvgIpc) is 3.51. The number of nitrogens with zero attached hydrogens (tertiary/aromatic N) is 3. The molecule has 34 heavy (non-hydrogen) atoms. The predicted octanol–water partition coefficient (Wildman–Crippen LogP) is 3.89. The van der Waals surface area contributed by atoms with Crippen LogP contribution in [0.25, 0.3) is 6.08 Å². The second-order valence-electron chi connectivity index (χ2n) is 8.30. The van der Waals surface area contributed by atoms with Crippen LogP contribution in [0.5, 0.6) is 0 Å². The van der Waals surface area contributed by atoms with Gasteiger partial charge >= 0.3 is 0 Å². The van der Waals surface area contributed by atoms with Crippen molar-refractivity contribution in [1.29, 1.82) is 0 Å². The number of thiazole rings is 1. The van der Waals surface area contributed by atoms with E-state index < -0.39 is 6.04 Å². The lowest BCUT2D eigenvalue weighted by molar-refractivity contribution is -0.113. The van der Waals surface area contributed by atoms with Gasteiger partial charge in [0.15, 0.2) is 4.80 Å². The molecule has 1 N–H and O–H groups in total. The summed E-state index contributed by atoms with van der Waals surface area (Å²) < 4.78 is 4.37. The van der Waals surface area contributed by atoms with Crippen LogP contribution in [0.1, 0.15) is 34.8 Å². The van der Waals surface area contributed by atoms with E-state index in [1.165, 1.54) is 22.7 Å². The SMILES string of the molecule is CC1=C(C(=O)Nc2ccccc2)C(c2cccs2)n2c(s/c(=C/c3cc(C)n(C)c3C)c2=O)=N1. The number of para-hydroxylation sites is 1. The summed E-state index contributed by atoms with van der Waals surface area (Å²) in [6.07, 6.45) is 1.93. The number of benzene rings is 1. The number of carbonyl (C=O) groups is 1. The van der Waals surface area contributed by atoms with Crippen molar-refractivity contribution in [2.24, 2.45) is 12.0 Å². The molecule has 172 valence electrons. The highest BCUT2D eigenvalue weighted by Gasteiger charge is 2.33. The van der Waals surface area contributed by atoms with E-state index in [0.717, 1.165) is 21.8 Å². The summed E-state index contributed by atoms with van der Waals surface area (Å²) in [6, 6.07) is 14.8. The number of fused-ring (bicyclic) bond motifs is 1. The van der Waals surface area contributed by atoms with Gasteiger partial charge in [0.25, 0.3) is 11.5 Å². The molecule has 0 saturated heterocycles. The van der Waals surface area contributed by atoms with Crippen LogP contribution >= 0.6 is 22.7 Å². The fraction of sp³-hybridized carbons (Fsp3) is 0.192. The van der Waals surface area contributed by atoms with Gasteiger partial charge in [-0.25, -0.2) is 4.99 Å². The maximum Gasteiger partial charge on any atom is 0.271 e. The number of aromatic nitrogens is 2. The van der Waals surface area contributed by atoms with E-state index in [1.807, 2.05) is 81.7 Å². The second kappa shape index (κ2) is 8.70. The molecule has 0 bridgehead atoms. The minimum absolute atomic E-state index is 0.138. The molecule has 5 rings (SSSR count). The zero-order chi connectivity index (χ0) is 24.0. The summed E-state index contributed by atoms with van der Waals surface area (Å²) in [6.45, 7) is 5.92. The predicted molar refractivity (Wildman–Crippen MR) is 138 cm³/mol. The van der Waals surface area contributed by atoms with Gasteiger partial charge in [-0.1, -0.05) is 35.6 Å². The lowest BCUT2D eigenvalue weighted by Gasteiger charge is -2.24. The van der Waals surface area contributed by atoms with Crippen molar-refractivity contribution in [2.45, 2.75) is 26.8 Å². The van der Waals surface area contributed by atoms with Crippen molar-refractivity contribution in [3.63, 3.8) is 0 Å². The van der Waals surface area contributed by atoms with Crippen LogP contribution in [-0.4, -0.2) is 15.0 Å². The molecule has 1 aromatic carbocycles. The van der Waals surface area contributed by atoms with Crippen molar-refractivity contribution in [2.75, 3.05) is 5.32 Å². The Morgan fingerprint density at radius 3 is 2.53 bits per heavy atom. The molecule has 3 aromatic heterocycles. The number of rotatable bonds is 4. The summed E-state index contributed by atoms with van der Waals surface area (Å²) in [5, 5.41) is 4.93. The van der Waals surface area contributed by atoms with E-state index in [2.05, 4.69) is 16.0 Å². The van der Waals surface area contributed by atoms with Crippen LogP contribution in [0.3, 0.4) is 0 Å². The van der Waals surface area contributed by atoms with Gasteiger partial charge in [-0.3, -0.25) is 14.2 Å². The Morgan fingerprint density at radius 2 is 1.88 bits per heavy atom. The molecular formula is C26H24N4O2S2. The van der Waals surface area contributed by atoms with Gasteiger partial charge in [-0.05, 0) is 62.1 Å².